The summed E-state index contributed by atoms with van der Waals surface area (Å²) in [4.78, 5) is 36.8. The molecule has 4 heterocycles. The molecular weight excluding hydrogens is 364 g/mol. The van der Waals surface area contributed by atoms with Crippen LogP contribution < -0.4 is 0 Å². The number of carbonyl (C=O) groups excluding carboxylic acids is 2. The van der Waals surface area contributed by atoms with Crippen LogP contribution in [0.15, 0.2) is 41.8 Å². The summed E-state index contributed by atoms with van der Waals surface area (Å²) < 4.78 is 0.661. The molecule has 1 aromatic carbocycles. The maximum Gasteiger partial charge on any atom is 0.269 e. The second-order valence-corrected chi connectivity index (χ2v) is 8.59. The van der Waals surface area contributed by atoms with E-state index in [-0.39, 0.29) is 23.2 Å². The summed E-state index contributed by atoms with van der Waals surface area (Å²) in [5.41, 5.74) is 0.487. The van der Waals surface area contributed by atoms with Gasteiger partial charge in [-0.1, -0.05) is 6.07 Å². The van der Waals surface area contributed by atoms with Crippen molar-refractivity contribution in [3.63, 3.8) is 0 Å². The van der Waals surface area contributed by atoms with Crippen molar-refractivity contribution in [1.82, 2.24) is 0 Å². The lowest BCUT2D eigenvalue weighted by Crippen LogP contribution is -2.64. The van der Waals surface area contributed by atoms with Crippen molar-refractivity contribution < 1.29 is 19.0 Å². The van der Waals surface area contributed by atoms with Crippen LogP contribution in [0.1, 0.15) is 32.9 Å². The van der Waals surface area contributed by atoms with Crippen molar-refractivity contribution in [2.45, 2.75) is 12.8 Å². The second kappa shape index (κ2) is 6.98. The summed E-state index contributed by atoms with van der Waals surface area (Å²) in [5, 5.41) is 12.7. The molecule has 0 amide bonds. The molecule has 6 nitrogen and oxygen atoms in total. The van der Waals surface area contributed by atoms with Gasteiger partial charge in [0.25, 0.3) is 5.69 Å². The molecule has 3 saturated heterocycles. The first-order valence-electron chi connectivity index (χ1n) is 9.18. The number of Topliss-reactive ketones (excluding diaryl/α,β-unsaturated/α-hetero) is 2. The summed E-state index contributed by atoms with van der Waals surface area (Å²) >= 11 is 1.49. The number of non-ortho nitro benzene ring substituents is 1. The number of piperidine rings is 3. The van der Waals surface area contributed by atoms with E-state index in [0.29, 0.717) is 22.5 Å². The average Bonchev–Trinajstić information content (AvgIpc) is 3.22. The van der Waals surface area contributed by atoms with E-state index in [2.05, 4.69) is 0 Å². The number of hydrogen-bond acceptors (Lipinski definition) is 5. The molecule has 7 heteroatoms. The predicted octanol–water partition coefficient (Wildman–Crippen LogP) is 3.58. The SMILES string of the molecule is O=C(C[N+]12CCC(CC1)[C@@H](C(=O)c1cccs1)C2)c1ccc([N+](=O)[O-])cc1. The normalized spacial score (nSPS) is 26.7. The highest BCUT2D eigenvalue weighted by Gasteiger charge is 2.49. The molecule has 1 atom stereocenters. The van der Waals surface area contributed by atoms with Gasteiger partial charge in [-0.05, 0) is 29.5 Å². The highest BCUT2D eigenvalue weighted by molar-refractivity contribution is 7.12. The predicted molar refractivity (Wildman–Crippen MR) is 102 cm³/mol. The first-order valence-corrected chi connectivity index (χ1v) is 10.1. The van der Waals surface area contributed by atoms with E-state index in [4.69, 9.17) is 0 Å². The third kappa shape index (κ3) is 3.44. The maximum atomic E-state index is 12.9. The minimum atomic E-state index is -0.466. The third-order valence-corrected chi connectivity index (χ3v) is 6.97. The molecule has 2 aromatic rings. The number of nitrogens with zero attached hydrogens (tertiary/aromatic N) is 2. The van der Waals surface area contributed by atoms with Crippen molar-refractivity contribution in [3.8, 4) is 0 Å². The standard InChI is InChI=1S/C20H21N2O4S/c23-18(15-3-5-16(6-4-15)21(25)26)13-22-9-7-14(8-10-22)17(12-22)20(24)19-2-1-11-27-19/h1-6,11,14,17H,7-10,12-13H2/q+1/t14?,17-,22?/m0/s1. The van der Waals surface area contributed by atoms with E-state index < -0.39 is 4.92 Å². The fourth-order valence-electron chi connectivity index (χ4n) is 4.57. The molecule has 1 aromatic heterocycles. The Bertz CT molecular complexity index is 868. The molecule has 3 aliphatic heterocycles. The zero-order valence-corrected chi connectivity index (χ0v) is 15.7. The van der Waals surface area contributed by atoms with E-state index in [1.165, 1.54) is 35.6 Å². The van der Waals surface area contributed by atoms with E-state index in [1.807, 2.05) is 17.5 Å². The van der Waals surface area contributed by atoms with Crippen LogP contribution in [0.25, 0.3) is 0 Å². The lowest BCUT2D eigenvalue weighted by molar-refractivity contribution is -0.937. The zero-order chi connectivity index (χ0) is 19.0. The lowest BCUT2D eigenvalue weighted by atomic mass is 9.74. The Labute approximate surface area is 161 Å². The van der Waals surface area contributed by atoms with Crippen molar-refractivity contribution >= 4 is 28.6 Å². The summed E-state index contributed by atoms with van der Waals surface area (Å²) in [6.45, 7) is 2.94. The van der Waals surface area contributed by atoms with Gasteiger partial charge in [0.2, 0.25) is 5.78 Å². The van der Waals surface area contributed by atoms with E-state index in [0.717, 1.165) is 37.4 Å². The van der Waals surface area contributed by atoms with E-state index in [1.54, 1.807) is 0 Å². The Morgan fingerprint density at radius 2 is 1.85 bits per heavy atom. The topological polar surface area (TPSA) is 77.3 Å². The summed E-state index contributed by atoms with van der Waals surface area (Å²) in [7, 11) is 0. The van der Waals surface area contributed by atoms with Gasteiger partial charge in [-0.15, -0.1) is 11.3 Å². The summed E-state index contributed by atoms with van der Waals surface area (Å²) in [6, 6.07) is 9.60. The molecule has 3 aliphatic rings. The summed E-state index contributed by atoms with van der Waals surface area (Å²) in [6.07, 6.45) is 1.96. The number of benzene rings is 1. The van der Waals surface area contributed by atoms with E-state index >= 15 is 0 Å². The third-order valence-electron chi connectivity index (χ3n) is 6.08. The number of carbonyl (C=O) groups is 2. The highest BCUT2D eigenvalue weighted by atomic mass is 32.1. The fraction of sp³-hybridized carbons (Fsp3) is 0.400. The van der Waals surface area contributed by atoms with Crippen LogP contribution >= 0.6 is 11.3 Å². The van der Waals surface area contributed by atoms with Gasteiger partial charge in [0.1, 0.15) is 6.54 Å². The number of quaternary nitrogens is 1. The molecular formula is C20H21N2O4S+. The number of rotatable bonds is 6. The number of thiophene rings is 1. The molecule has 0 radical (unpaired) electrons. The Balaban J connectivity index is 1.50. The minimum absolute atomic E-state index is 0.00388. The molecule has 0 aliphatic carbocycles. The molecule has 0 spiro atoms. The Kier molecular flexibility index (Phi) is 4.65. The molecule has 27 heavy (non-hydrogen) atoms. The van der Waals surface area contributed by atoms with Gasteiger partial charge in [-0.3, -0.25) is 19.7 Å². The van der Waals surface area contributed by atoms with E-state index in [9.17, 15) is 19.7 Å². The Morgan fingerprint density at radius 1 is 1.15 bits per heavy atom. The van der Waals surface area contributed by atoms with Gasteiger partial charge in [-0.25, -0.2) is 0 Å². The van der Waals surface area contributed by atoms with Crippen LogP contribution in [0.5, 0.6) is 0 Å². The lowest BCUT2D eigenvalue weighted by Gasteiger charge is -2.51. The molecule has 0 unspecified atom stereocenters. The average molecular weight is 385 g/mol. The Hall–Kier alpha value is -2.38. The van der Waals surface area contributed by atoms with Crippen molar-refractivity contribution in [2.24, 2.45) is 11.8 Å². The summed E-state index contributed by atoms with van der Waals surface area (Å²) in [5.74, 6) is 0.636. The molecule has 140 valence electrons. The monoisotopic (exact) mass is 385 g/mol. The van der Waals surface area contributed by atoms with Crippen molar-refractivity contribution in [2.75, 3.05) is 26.2 Å². The van der Waals surface area contributed by atoms with Crippen LogP contribution in [0, 0.1) is 22.0 Å². The molecule has 5 rings (SSSR count). The number of ketones is 2. The first-order chi connectivity index (χ1) is 13.0. The van der Waals surface area contributed by atoms with Gasteiger partial charge in [0, 0.05) is 30.5 Å². The van der Waals surface area contributed by atoms with Gasteiger partial charge < -0.3 is 4.48 Å². The molecule has 3 fully saturated rings. The maximum absolute atomic E-state index is 12.9. The van der Waals surface area contributed by atoms with Crippen LogP contribution in [-0.4, -0.2) is 47.2 Å². The highest BCUT2D eigenvalue weighted by Crippen LogP contribution is 2.40. The van der Waals surface area contributed by atoms with Crippen LogP contribution in [0.2, 0.25) is 0 Å². The Morgan fingerprint density at radius 3 is 2.44 bits per heavy atom. The van der Waals surface area contributed by atoms with Crippen LogP contribution in [0.3, 0.4) is 0 Å². The largest absolute Gasteiger partial charge is 0.316 e. The van der Waals surface area contributed by atoms with Gasteiger partial charge >= 0.3 is 0 Å². The van der Waals surface area contributed by atoms with Gasteiger partial charge in [0.15, 0.2) is 5.78 Å². The van der Waals surface area contributed by atoms with Gasteiger partial charge in [0.05, 0.1) is 35.4 Å². The van der Waals surface area contributed by atoms with Crippen molar-refractivity contribution in [1.29, 1.82) is 0 Å². The molecule has 0 saturated carbocycles. The number of nitro benzene ring substituents is 1. The molecule has 2 bridgehead atoms. The smallest absolute Gasteiger partial charge is 0.269 e. The second-order valence-electron chi connectivity index (χ2n) is 7.64. The van der Waals surface area contributed by atoms with Gasteiger partial charge in [-0.2, -0.15) is 0 Å². The van der Waals surface area contributed by atoms with Crippen LogP contribution in [0.4, 0.5) is 5.69 Å². The minimum Gasteiger partial charge on any atom is -0.316 e. The van der Waals surface area contributed by atoms with Crippen molar-refractivity contribution in [3.05, 3.63) is 62.3 Å². The number of fused-ring (bicyclic) bond motifs is 3. The fourth-order valence-corrected chi connectivity index (χ4v) is 5.30. The number of hydrogen-bond donors (Lipinski definition) is 0. The zero-order valence-electron chi connectivity index (χ0n) is 14.9. The number of nitro groups is 1. The first kappa shape index (κ1) is 18.0. The van der Waals surface area contributed by atoms with Crippen LogP contribution in [-0.2, 0) is 0 Å². The quantitative estimate of drug-likeness (QED) is 0.330. The molecule has 0 N–H and O–H groups in total.